The molecule has 0 radical (unpaired) electrons. The molecule has 13 nitrogen and oxygen atoms in total. The molecule has 13 heteroatoms. The summed E-state index contributed by atoms with van der Waals surface area (Å²) in [5.41, 5.74) is 4.78. The first-order valence-electron chi connectivity index (χ1n) is 18.3. The lowest BCUT2D eigenvalue weighted by Crippen LogP contribution is -2.29. The summed E-state index contributed by atoms with van der Waals surface area (Å²) < 4.78 is 60.7. The summed E-state index contributed by atoms with van der Waals surface area (Å²) in [6.45, 7) is 9.77. The van der Waals surface area contributed by atoms with E-state index in [1.807, 2.05) is 24.3 Å². The van der Waals surface area contributed by atoms with Crippen LogP contribution >= 0.6 is 0 Å². The Morgan fingerprint density at radius 2 is 1.00 bits per heavy atom. The van der Waals surface area contributed by atoms with Gasteiger partial charge >= 0.3 is 6.09 Å². The van der Waals surface area contributed by atoms with Crippen molar-refractivity contribution >= 4 is 6.09 Å². The van der Waals surface area contributed by atoms with Gasteiger partial charge in [0.05, 0.1) is 112 Å². The van der Waals surface area contributed by atoms with E-state index in [4.69, 9.17) is 52.1 Å². The van der Waals surface area contributed by atoms with Gasteiger partial charge in [-0.2, -0.15) is 0 Å². The third-order valence-corrected chi connectivity index (χ3v) is 8.13. The molecule has 4 rings (SSSR count). The van der Waals surface area contributed by atoms with Gasteiger partial charge < -0.3 is 57.4 Å². The highest BCUT2D eigenvalue weighted by Crippen LogP contribution is 2.44. The molecule has 0 bridgehead atoms. The Morgan fingerprint density at radius 1 is 0.569 bits per heavy atom. The second kappa shape index (κ2) is 27.0. The molecule has 2 aromatic carbocycles. The number of carbonyl (C=O) groups is 1. The van der Waals surface area contributed by atoms with Crippen LogP contribution in [0.3, 0.4) is 0 Å². The minimum atomic E-state index is -0.450. The van der Waals surface area contributed by atoms with Crippen molar-refractivity contribution in [3.63, 3.8) is 0 Å². The minimum absolute atomic E-state index is 0.0394. The Hall–Kier alpha value is -2.69. The van der Waals surface area contributed by atoms with E-state index in [-0.39, 0.29) is 18.8 Å². The molecule has 1 unspecified atom stereocenters. The Morgan fingerprint density at radius 3 is 1.45 bits per heavy atom. The maximum absolute atomic E-state index is 12.2. The van der Waals surface area contributed by atoms with E-state index >= 15 is 0 Å². The first-order valence-corrected chi connectivity index (χ1v) is 18.3. The fourth-order valence-corrected chi connectivity index (χ4v) is 5.60. The number of nitrogens with one attached hydrogen (secondary N) is 1. The number of benzene rings is 2. The Labute approximate surface area is 302 Å². The highest BCUT2D eigenvalue weighted by molar-refractivity contribution is 5.79. The maximum Gasteiger partial charge on any atom is 0.407 e. The van der Waals surface area contributed by atoms with Gasteiger partial charge in [-0.15, -0.1) is 0 Å². The molecule has 1 saturated heterocycles. The Kier molecular flexibility index (Phi) is 21.7. The van der Waals surface area contributed by atoms with Crippen molar-refractivity contribution in [2.75, 3.05) is 132 Å². The van der Waals surface area contributed by atoms with Crippen LogP contribution in [0.1, 0.15) is 36.3 Å². The number of alkyl carbamates (subject to hydrolysis) is 1. The van der Waals surface area contributed by atoms with Crippen LogP contribution in [-0.4, -0.2) is 144 Å². The van der Waals surface area contributed by atoms with Crippen LogP contribution in [-0.2, 0) is 52.1 Å². The molecule has 1 atom stereocenters. The van der Waals surface area contributed by atoms with Crippen LogP contribution in [0.25, 0.3) is 11.1 Å². The molecule has 1 heterocycles. The van der Waals surface area contributed by atoms with Crippen LogP contribution in [0, 0.1) is 0 Å². The smallest absolute Gasteiger partial charge is 0.407 e. The van der Waals surface area contributed by atoms with Gasteiger partial charge in [-0.25, -0.2) is 4.79 Å². The topological polar surface area (TPSA) is 131 Å². The largest absolute Gasteiger partial charge is 0.449 e. The minimum Gasteiger partial charge on any atom is -0.449 e. The second-order valence-corrected chi connectivity index (χ2v) is 11.8. The van der Waals surface area contributed by atoms with Crippen LogP contribution in [0.2, 0.25) is 0 Å². The average Bonchev–Trinajstić information content (AvgIpc) is 3.49. The molecule has 0 spiro atoms. The zero-order chi connectivity index (χ0) is 35.4. The predicted molar refractivity (Wildman–Crippen MR) is 189 cm³/mol. The predicted octanol–water partition coefficient (Wildman–Crippen LogP) is 4.20. The van der Waals surface area contributed by atoms with Crippen molar-refractivity contribution in [2.24, 2.45) is 0 Å². The molecule has 1 aliphatic carbocycles. The molecule has 2 aromatic rings. The normalized spacial score (nSPS) is 15.5. The lowest BCUT2D eigenvalue weighted by Gasteiger charge is -2.22. The van der Waals surface area contributed by atoms with Crippen molar-refractivity contribution in [1.82, 2.24) is 5.32 Å². The summed E-state index contributed by atoms with van der Waals surface area (Å²) in [7, 11) is 0. The fraction of sp³-hybridized carbons (Fsp3) is 0.658. The average molecular weight is 720 g/mol. The third-order valence-electron chi connectivity index (χ3n) is 8.13. The number of hydrogen-bond donors (Lipinski definition) is 1. The summed E-state index contributed by atoms with van der Waals surface area (Å²) >= 11 is 0. The molecule has 1 fully saturated rings. The second-order valence-electron chi connectivity index (χ2n) is 11.8. The van der Waals surface area contributed by atoms with Crippen LogP contribution in [0.5, 0.6) is 0 Å². The van der Waals surface area contributed by atoms with E-state index in [0.717, 1.165) is 25.9 Å². The van der Waals surface area contributed by atoms with Gasteiger partial charge in [-0.1, -0.05) is 48.5 Å². The lowest BCUT2D eigenvalue weighted by molar-refractivity contribution is -0.169. The van der Waals surface area contributed by atoms with Gasteiger partial charge in [0.15, 0.2) is 6.29 Å². The molecule has 286 valence electrons. The quantitative estimate of drug-likeness (QED) is 0.116. The monoisotopic (exact) mass is 719 g/mol. The number of rotatable bonds is 30. The van der Waals surface area contributed by atoms with E-state index in [0.29, 0.717) is 119 Å². The molecule has 1 aliphatic heterocycles. The first-order chi connectivity index (χ1) is 25.3. The van der Waals surface area contributed by atoms with Gasteiger partial charge in [-0.3, -0.25) is 0 Å². The first kappa shape index (κ1) is 41.1. The summed E-state index contributed by atoms with van der Waals surface area (Å²) in [5.74, 6) is 0.0394. The summed E-state index contributed by atoms with van der Waals surface area (Å²) in [6, 6.07) is 16.5. The Bertz CT molecular complexity index is 1140. The van der Waals surface area contributed by atoms with E-state index < -0.39 is 6.09 Å². The van der Waals surface area contributed by atoms with E-state index in [9.17, 15) is 4.79 Å². The van der Waals surface area contributed by atoms with E-state index in [1.54, 1.807) is 0 Å². The molecule has 0 saturated carbocycles. The van der Waals surface area contributed by atoms with Gasteiger partial charge in [-0.05, 0) is 41.5 Å². The van der Waals surface area contributed by atoms with Crippen molar-refractivity contribution in [3.05, 3.63) is 59.7 Å². The molecule has 1 N–H and O–H groups in total. The molecule has 51 heavy (non-hydrogen) atoms. The number of hydrogen-bond acceptors (Lipinski definition) is 12. The van der Waals surface area contributed by atoms with Gasteiger partial charge in [0.1, 0.15) is 6.61 Å². The number of fused-ring (bicyclic) bond motifs is 3. The zero-order valence-electron chi connectivity index (χ0n) is 29.9. The van der Waals surface area contributed by atoms with E-state index in [1.165, 1.54) is 22.3 Å². The van der Waals surface area contributed by atoms with Crippen LogP contribution in [0.4, 0.5) is 4.79 Å². The van der Waals surface area contributed by atoms with Gasteiger partial charge in [0.25, 0.3) is 0 Å². The molecular formula is C38H57NO12. The highest BCUT2D eigenvalue weighted by Gasteiger charge is 2.29. The van der Waals surface area contributed by atoms with Crippen molar-refractivity contribution in [2.45, 2.75) is 31.5 Å². The molecular weight excluding hydrogens is 662 g/mol. The summed E-state index contributed by atoms with van der Waals surface area (Å²) in [4.78, 5) is 12.2. The van der Waals surface area contributed by atoms with E-state index in [2.05, 4.69) is 29.6 Å². The van der Waals surface area contributed by atoms with Crippen LogP contribution < -0.4 is 5.32 Å². The Balaban J connectivity index is 0.805. The third kappa shape index (κ3) is 17.1. The fourth-order valence-electron chi connectivity index (χ4n) is 5.60. The standard InChI is InChI=1S/C38H57NO12/c40-38(51-31-36-34-9-3-1-7-32(34)33-8-2-4-10-35(33)36)39-12-14-41-15-16-42-17-18-43-19-20-44-21-22-45-23-24-46-25-26-47-27-28-48-29-30-50-37-11-5-6-13-49-37/h1-4,7-10,36-37H,5-6,11-31H2,(H,39,40). The van der Waals surface area contributed by atoms with Gasteiger partial charge in [0, 0.05) is 19.1 Å². The maximum atomic E-state index is 12.2. The number of ether oxygens (including phenoxy) is 11. The van der Waals surface area contributed by atoms with Crippen molar-refractivity contribution in [1.29, 1.82) is 0 Å². The van der Waals surface area contributed by atoms with Crippen LogP contribution in [0.15, 0.2) is 48.5 Å². The lowest BCUT2D eigenvalue weighted by atomic mass is 9.98. The number of amides is 1. The summed E-state index contributed by atoms with van der Waals surface area (Å²) in [5, 5.41) is 2.74. The molecule has 0 aromatic heterocycles. The highest BCUT2D eigenvalue weighted by atomic mass is 16.7. The molecule has 2 aliphatic rings. The van der Waals surface area contributed by atoms with Crippen molar-refractivity contribution < 1.29 is 56.9 Å². The van der Waals surface area contributed by atoms with Crippen molar-refractivity contribution in [3.8, 4) is 11.1 Å². The SMILES string of the molecule is O=C(NCCOCCOCCOCCOCCOCCOCCOCCOCCOC1CCCCO1)OCC1c2ccccc2-c2ccccc21. The number of carbonyl (C=O) groups excluding carboxylic acids is 1. The molecule has 1 amide bonds. The van der Waals surface area contributed by atoms with Gasteiger partial charge in [0.2, 0.25) is 0 Å². The zero-order valence-corrected chi connectivity index (χ0v) is 29.9. The summed E-state index contributed by atoms with van der Waals surface area (Å²) in [6.07, 6.45) is 2.72.